The summed E-state index contributed by atoms with van der Waals surface area (Å²) in [4.78, 5) is 15.7. The first-order chi connectivity index (χ1) is 12.8. The third-order valence-electron chi connectivity index (χ3n) is 3.88. The second kappa shape index (κ2) is 7.43. The van der Waals surface area contributed by atoms with Crippen molar-refractivity contribution < 1.29 is 27.9 Å². The zero-order chi connectivity index (χ0) is 19.7. The lowest BCUT2D eigenvalue weighted by Crippen LogP contribution is -2.07. The number of rotatable bonds is 6. The minimum Gasteiger partial charge on any atom is -0.487 e. The van der Waals surface area contributed by atoms with Crippen LogP contribution in [-0.2, 0) is 0 Å². The zero-order valence-electron chi connectivity index (χ0n) is 14.7. The fourth-order valence-corrected chi connectivity index (χ4v) is 3.62. The summed E-state index contributed by atoms with van der Waals surface area (Å²) < 4.78 is 35.6. The van der Waals surface area contributed by atoms with Crippen molar-refractivity contribution >= 4 is 17.3 Å². The van der Waals surface area contributed by atoms with Gasteiger partial charge in [0, 0.05) is 11.1 Å². The molecule has 0 atom stereocenters. The van der Waals surface area contributed by atoms with Gasteiger partial charge < -0.3 is 14.4 Å². The zero-order valence-corrected chi connectivity index (χ0v) is 15.6. The van der Waals surface area contributed by atoms with Gasteiger partial charge in [0.05, 0.1) is 17.0 Å². The molecule has 2 heterocycles. The lowest BCUT2D eigenvalue weighted by Gasteiger charge is -2.12. The Kier molecular flexibility index (Phi) is 5.22. The summed E-state index contributed by atoms with van der Waals surface area (Å²) in [5.41, 5.74) is 2.84. The number of ether oxygens (including phenoxy) is 1. The van der Waals surface area contributed by atoms with Crippen LogP contribution in [0.1, 0.15) is 26.8 Å². The van der Waals surface area contributed by atoms with Crippen molar-refractivity contribution in [2.45, 2.75) is 27.2 Å². The molecule has 3 rings (SSSR count). The molecule has 1 N–H and O–H groups in total. The summed E-state index contributed by atoms with van der Waals surface area (Å²) in [6, 6.07) is 4.94. The molecule has 0 aliphatic carbocycles. The molecule has 0 radical (unpaired) electrons. The van der Waals surface area contributed by atoms with Gasteiger partial charge in [0.1, 0.15) is 28.0 Å². The number of aromatic nitrogens is 2. The van der Waals surface area contributed by atoms with Gasteiger partial charge in [-0.25, -0.2) is 18.6 Å². The van der Waals surface area contributed by atoms with Crippen LogP contribution in [0.25, 0.3) is 21.7 Å². The van der Waals surface area contributed by atoms with Crippen LogP contribution in [-0.4, -0.2) is 34.2 Å². The quantitative estimate of drug-likeness (QED) is 0.650. The summed E-state index contributed by atoms with van der Waals surface area (Å²) in [6.45, 7) is 4.34. The molecule has 0 bridgehead atoms. The number of aromatic carboxylic acids is 1. The van der Waals surface area contributed by atoms with Crippen molar-refractivity contribution in [1.82, 2.24) is 10.1 Å². The van der Waals surface area contributed by atoms with E-state index in [0.717, 1.165) is 11.3 Å². The van der Waals surface area contributed by atoms with Crippen molar-refractivity contribution in [1.29, 1.82) is 0 Å². The standard InChI is InChI=1S/C18H16F2N2O4S/c1-8-15(10(3)26-22-8)12-6-11(4-5-13(12)25-7-14(19)20)17-21-9(2)16(27-17)18(23)24/h4-6,14H,7H2,1-3H3,(H,23,24). The van der Waals surface area contributed by atoms with Gasteiger partial charge in [0.2, 0.25) is 0 Å². The van der Waals surface area contributed by atoms with Gasteiger partial charge in [-0.1, -0.05) is 5.16 Å². The van der Waals surface area contributed by atoms with Crippen molar-refractivity contribution in [3.8, 4) is 27.4 Å². The molecule has 142 valence electrons. The predicted octanol–water partition coefficient (Wildman–Crippen LogP) is 4.73. The van der Waals surface area contributed by atoms with Crippen molar-refractivity contribution in [2.75, 3.05) is 6.61 Å². The number of hydrogen-bond acceptors (Lipinski definition) is 6. The van der Waals surface area contributed by atoms with Gasteiger partial charge in [-0.15, -0.1) is 11.3 Å². The van der Waals surface area contributed by atoms with E-state index < -0.39 is 19.0 Å². The fraction of sp³-hybridized carbons (Fsp3) is 0.278. The highest BCUT2D eigenvalue weighted by atomic mass is 32.1. The lowest BCUT2D eigenvalue weighted by molar-refractivity contribution is 0.0701. The van der Waals surface area contributed by atoms with E-state index in [1.54, 1.807) is 39.0 Å². The van der Waals surface area contributed by atoms with Gasteiger partial charge in [-0.3, -0.25) is 0 Å². The van der Waals surface area contributed by atoms with Crippen LogP contribution in [0.5, 0.6) is 5.75 Å². The highest BCUT2D eigenvalue weighted by Gasteiger charge is 2.20. The van der Waals surface area contributed by atoms with E-state index in [4.69, 9.17) is 9.26 Å². The molecule has 0 saturated carbocycles. The molecule has 0 saturated heterocycles. The first kappa shape index (κ1) is 19.0. The summed E-state index contributed by atoms with van der Waals surface area (Å²) >= 11 is 1.05. The van der Waals surface area contributed by atoms with E-state index in [9.17, 15) is 18.7 Å². The molecule has 3 aromatic rings. The summed E-state index contributed by atoms with van der Waals surface area (Å²) in [5, 5.41) is 13.6. The van der Waals surface area contributed by atoms with E-state index in [0.29, 0.717) is 38.8 Å². The number of hydrogen-bond donors (Lipinski definition) is 1. The number of carboxylic acids is 1. The van der Waals surface area contributed by atoms with Crippen LogP contribution in [0.2, 0.25) is 0 Å². The van der Waals surface area contributed by atoms with Gasteiger partial charge >= 0.3 is 5.97 Å². The summed E-state index contributed by atoms with van der Waals surface area (Å²) in [7, 11) is 0. The maximum Gasteiger partial charge on any atom is 0.347 e. The number of carboxylic acid groups (broad SMARTS) is 1. The Bertz CT molecular complexity index is 978. The Morgan fingerprint density at radius 2 is 2.04 bits per heavy atom. The van der Waals surface area contributed by atoms with Gasteiger partial charge in [-0.2, -0.15) is 0 Å². The molecule has 6 nitrogen and oxygen atoms in total. The number of nitrogens with zero attached hydrogens (tertiary/aromatic N) is 2. The maximum absolute atomic E-state index is 12.6. The molecule has 0 fully saturated rings. The van der Waals surface area contributed by atoms with Crippen LogP contribution in [0.4, 0.5) is 8.78 Å². The highest BCUT2D eigenvalue weighted by molar-refractivity contribution is 7.17. The molecular weight excluding hydrogens is 378 g/mol. The minimum atomic E-state index is -2.61. The lowest BCUT2D eigenvalue weighted by atomic mass is 10.0. The number of alkyl halides is 2. The van der Waals surface area contributed by atoms with E-state index in [2.05, 4.69) is 10.1 Å². The number of halogens is 2. The smallest absolute Gasteiger partial charge is 0.347 e. The molecule has 0 aliphatic rings. The van der Waals surface area contributed by atoms with Crippen LogP contribution in [0.15, 0.2) is 22.7 Å². The molecule has 27 heavy (non-hydrogen) atoms. The number of benzene rings is 1. The minimum absolute atomic E-state index is 0.155. The molecule has 2 aromatic heterocycles. The molecule has 1 aromatic carbocycles. The number of carbonyl (C=O) groups is 1. The van der Waals surface area contributed by atoms with E-state index in [1.807, 2.05) is 0 Å². The second-order valence-corrected chi connectivity index (χ2v) is 6.85. The van der Waals surface area contributed by atoms with Gasteiger partial charge in [0.25, 0.3) is 6.43 Å². The SMILES string of the molecule is Cc1nc(-c2ccc(OCC(F)F)c(-c3c(C)noc3C)c2)sc1C(=O)O. The summed E-state index contributed by atoms with van der Waals surface area (Å²) in [5.74, 6) is -0.257. The third kappa shape index (κ3) is 3.82. The molecular formula is C18H16F2N2O4S. The van der Waals surface area contributed by atoms with Gasteiger partial charge in [-0.05, 0) is 39.0 Å². The predicted molar refractivity (Wildman–Crippen MR) is 95.7 cm³/mol. The van der Waals surface area contributed by atoms with Crippen molar-refractivity contribution in [2.24, 2.45) is 0 Å². The van der Waals surface area contributed by atoms with Crippen LogP contribution in [0, 0.1) is 20.8 Å². The Morgan fingerprint density at radius 3 is 2.59 bits per heavy atom. The van der Waals surface area contributed by atoms with Crippen LogP contribution >= 0.6 is 11.3 Å². The monoisotopic (exact) mass is 394 g/mol. The van der Waals surface area contributed by atoms with Crippen LogP contribution in [0.3, 0.4) is 0 Å². The molecule has 0 aliphatic heterocycles. The average Bonchev–Trinajstić information content (AvgIpc) is 3.15. The van der Waals surface area contributed by atoms with E-state index >= 15 is 0 Å². The largest absolute Gasteiger partial charge is 0.487 e. The topological polar surface area (TPSA) is 85.5 Å². The third-order valence-corrected chi connectivity index (χ3v) is 5.08. The Hall–Kier alpha value is -2.81. The highest BCUT2D eigenvalue weighted by Crippen LogP contribution is 2.39. The fourth-order valence-electron chi connectivity index (χ4n) is 2.72. The molecule has 9 heteroatoms. The Balaban J connectivity index is 2.12. The molecule has 0 amide bonds. The van der Waals surface area contributed by atoms with Crippen molar-refractivity contribution in [3.05, 3.63) is 40.2 Å². The Morgan fingerprint density at radius 1 is 1.30 bits per heavy atom. The van der Waals surface area contributed by atoms with E-state index in [-0.39, 0.29) is 10.6 Å². The van der Waals surface area contributed by atoms with Crippen molar-refractivity contribution in [3.63, 3.8) is 0 Å². The molecule has 0 unspecified atom stereocenters. The number of aryl methyl sites for hydroxylation is 3. The Labute approximate surface area is 157 Å². The first-order valence-corrected chi connectivity index (χ1v) is 8.79. The normalized spacial score (nSPS) is 11.2. The van der Waals surface area contributed by atoms with E-state index in [1.165, 1.54) is 0 Å². The number of thiazole rings is 1. The first-order valence-electron chi connectivity index (χ1n) is 7.97. The van der Waals surface area contributed by atoms with Crippen LogP contribution < -0.4 is 4.74 Å². The maximum atomic E-state index is 12.6. The average molecular weight is 394 g/mol. The summed E-state index contributed by atoms with van der Waals surface area (Å²) in [6.07, 6.45) is -2.61. The van der Waals surface area contributed by atoms with Gasteiger partial charge in [0.15, 0.2) is 0 Å². The molecule has 0 spiro atoms. The second-order valence-electron chi connectivity index (χ2n) is 5.85.